The molecule has 2 aromatic rings. The van der Waals surface area contributed by atoms with Crippen LogP contribution in [-0.4, -0.2) is 40.3 Å². The van der Waals surface area contributed by atoms with Gasteiger partial charge in [0.1, 0.15) is 5.52 Å². The van der Waals surface area contributed by atoms with Crippen LogP contribution in [0.2, 0.25) is 0 Å². The molecule has 1 amide bonds. The summed E-state index contributed by atoms with van der Waals surface area (Å²) in [5.41, 5.74) is 0.192. The van der Waals surface area contributed by atoms with Crippen molar-refractivity contribution in [2.75, 3.05) is 19.7 Å². The second kappa shape index (κ2) is 5.92. The van der Waals surface area contributed by atoms with Gasteiger partial charge in [-0.3, -0.25) is 4.79 Å². The van der Waals surface area contributed by atoms with E-state index in [9.17, 15) is 14.9 Å². The molecule has 112 valence electrons. The van der Waals surface area contributed by atoms with E-state index in [4.69, 9.17) is 5.11 Å². The van der Waals surface area contributed by atoms with Gasteiger partial charge in [0, 0.05) is 24.1 Å². The van der Waals surface area contributed by atoms with Gasteiger partial charge in [0.05, 0.1) is 16.7 Å². The number of aliphatic hydroxyl groups excluding tert-OH is 1. The number of aliphatic hydroxyl groups is 1. The molecule has 0 spiro atoms. The number of nitrogens with zero attached hydrogens (tertiary/aromatic N) is 3. The lowest BCUT2D eigenvalue weighted by atomic mass is 10.2. The summed E-state index contributed by atoms with van der Waals surface area (Å²) >= 11 is 0. The lowest BCUT2D eigenvalue weighted by Crippen LogP contribution is -2.40. The van der Waals surface area contributed by atoms with Crippen LogP contribution < -0.4 is 4.43 Å². The molecule has 0 radical (unpaired) electrons. The van der Waals surface area contributed by atoms with Gasteiger partial charge >= 0.3 is 11.6 Å². The van der Waals surface area contributed by atoms with E-state index in [1.54, 1.807) is 19.1 Å². The van der Waals surface area contributed by atoms with Gasteiger partial charge in [-0.1, -0.05) is 12.1 Å². The fourth-order valence-corrected chi connectivity index (χ4v) is 2.27. The molecule has 0 aliphatic carbocycles. The summed E-state index contributed by atoms with van der Waals surface area (Å²) in [5, 5.41) is 21.2. The van der Waals surface area contributed by atoms with Crippen LogP contribution in [0.3, 0.4) is 0 Å². The van der Waals surface area contributed by atoms with Crippen molar-refractivity contribution in [3.05, 3.63) is 45.8 Å². The Kier molecular flexibility index (Phi) is 4.23. The Bertz CT molecular complexity index is 739. The van der Waals surface area contributed by atoms with E-state index in [0.717, 1.165) is 0 Å². The number of likely N-dealkylation sites (N-methyl/N-ethyl adjacent to an activating group) is 1. The SMILES string of the molecule is CCN(CCO)C(=O)c1c(C)n([O-])c2ccccc2[n+]1=O. The second-order valence-corrected chi connectivity index (χ2v) is 4.62. The molecule has 0 saturated carbocycles. The zero-order valence-corrected chi connectivity index (χ0v) is 11.9. The Morgan fingerprint density at radius 3 is 2.71 bits per heavy atom. The highest BCUT2D eigenvalue weighted by molar-refractivity contribution is 5.93. The van der Waals surface area contributed by atoms with Gasteiger partial charge in [-0.15, -0.1) is 0 Å². The highest BCUT2D eigenvalue weighted by Crippen LogP contribution is 2.14. The number of para-hydroxylation sites is 2. The van der Waals surface area contributed by atoms with Crippen LogP contribution >= 0.6 is 0 Å². The largest absolute Gasteiger partial charge is 0.805 e. The van der Waals surface area contributed by atoms with Crippen LogP contribution in [0.25, 0.3) is 11.0 Å². The predicted octanol–water partition coefficient (Wildman–Crippen LogP) is 0.665. The van der Waals surface area contributed by atoms with Crippen LogP contribution in [0, 0.1) is 17.0 Å². The van der Waals surface area contributed by atoms with Crippen molar-refractivity contribution in [1.82, 2.24) is 9.63 Å². The maximum absolute atomic E-state index is 12.4. The standard InChI is InChI=1S/C14H17N3O4/c1-3-15(8-9-18)14(19)13-10(2)16(20)11-6-4-5-7-12(11)17(13)21/h4-7,18H,3,8-9H2,1-2H3. The highest BCUT2D eigenvalue weighted by Gasteiger charge is 2.30. The summed E-state index contributed by atoms with van der Waals surface area (Å²) in [6.07, 6.45) is 0. The van der Waals surface area contributed by atoms with Crippen molar-refractivity contribution in [3.8, 4) is 0 Å². The zero-order chi connectivity index (χ0) is 15.6. The highest BCUT2D eigenvalue weighted by atomic mass is 16.5. The fourth-order valence-electron chi connectivity index (χ4n) is 2.27. The number of benzene rings is 1. The molecule has 0 aliphatic rings. The Morgan fingerprint density at radius 1 is 1.43 bits per heavy atom. The number of amides is 1. The molecule has 1 heterocycles. The van der Waals surface area contributed by atoms with Gasteiger partial charge in [0.2, 0.25) is 0 Å². The van der Waals surface area contributed by atoms with Gasteiger partial charge in [0.25, 0.3) is 5.52 Å². The molecule has 21 heavy (non-hydrogen) atoms. The molecule has 1 aromatic carbocycles. The van der Waals surface area contributed by atoms with E-state index in [1.807, 2.05) is 0 Å². The molecule has 0 unspecified atom stereocenters. The molecular formula is C14H17N3O4. The molecule has 1 aromatic heterocycles. The van der Waals surface area contributed by atoms with Crippen molar-refractivity contribution >= 4 is 16.9 Å². The number of aromatic nitrogens is 2. The third-order valence-corrected chi connectivity index (χ3v) is 3.41. The first-order valence-electron chi connectivity index (χ1n) is 6.67. The second-order valence-electron chi connectivity index (χ2n) is 4.62. The minimum atomic E-state index is -0.561. The Hall–Kier alpha value is -2.41. The van der Waals surface area contributed by atoms with Gasteiger partial charge < -0.3 is 19.9 Å². The minimum Gasteiger partial charge on any atom is -0.805 e. The lowest BCUT2D eigenvalue weighted by molar-refractivity contribution is -0.469. The van der Waals surface area contributed by atoms with Crippen LogP contribution in [0.4, 0.5) is 0 Å². The summed E-state index contributed by atoms with van der Waals surface area (Å²) in [6.45, 7) is 3.42. The third kappa shape index (κ3) is 2.47. The maximum atomic E-state index is 12.4. The average molecular weight is 291 g/mol. The maximum Gasteiger partial charge on any atom is 0.346 e. The van der Waals surface area contributed by atoms with E-state index < -0.39 is 5.91 Å². The first kappa shape index (κ1) is 15.0. The molecular weight excluding hydrogens is 274 g/mol. The van der Waals surface area contributed by atoms with Crippen LogP contribution in [-0.2, 0) is 0 Å². The summed E-state index contributed by atoms with van der Waals surface area (Å²) in [6, 6.07) is 6.31. The quantitative estimate of drug-likeness (QED) is 0.838. The normalized spacial score (nSPS) is 10.8. The van der Waals surface area contributed by atoms with E-state index in [2.05, 4.69) is 0 Å². The zero-order valence-electron chi connectivity index (χ0n) is 11.9. The number of carbonyl (C=O) groups is 1. The van der Waals surface area contributed by atoms with E-state index in [0.29, 0.717) is 15.7 Å². The van der Waals surface area contributed by atoms with E-state index >= 15 is 0 Å². The van der Waals surface area contributed by atoms with Crippen molar-refractivity contribution in [3.63, 3.8) is 0 Å². The first-order valence-corrected chi connectivity index (χ1v) is 6.67. The molecule has 0 saturated heterocycles. The summed E-state index contributed by atoms with van der Waals surface area (Å²) < 4.78 is 1.07. The smallest absolute Gasteiger partial charge is 0.346 e. The molecule has 0 bridgehead atoms. The molecule has 0 aliphatic heterocycles. The topological polar surface area (TPSA) is 91.5 Å². The number of hydrogen-bond donors (Lipinski definition) is 1. The lowest BCUT2D eigenvalue weighted by Gasteiger charge is -2.20. The Labute approximate surface area is 121 Å². The molecule has 0 fully saturated rings. The van der Waals surface area contributed by atoms with Crippen LogP contribution in [0.5, 0.6) is 0 Å². The molecule has 0 atom stereocenters. The number of carbonyl (C=O) groups excluding carboxylic acids is 1. The van der Waals surface area contributed by atoms with Gasteiger partial charge in [0.15, 0.2) is 0 Å². The number of rotatable bonds is 4. The summed E-state index contributed by atoms with van der Waals surface area (Å²) in [7, 11) is 0. The molecule has 7 nitrogen and oxygen atoms in total. The van der Waals surface area contributed by atoms with Crippen molar-refractivity contribution in [2.24, 2.45) is 0 Å². The van der Waals surface area contributed by atoms with Gasteiger partial charge in [-0.2, -0.15) is 0 Å². The summed E-state index contributed by atoms with van der Waals surface area (Å²) in [4.78, 5) is 26.2. The third-order valence-electron chi connectivity index (χ3n) is 3.41. The van der Waals surface area contributed by atoms with Crippen molar-refractivity contribution in [1.29, 1.82) is 0 Å². The Morgan fingerprint density at radius 2 is 2.10 bits per heavy atom. The first-order chi connectivity index (χ1) is 10.0. The Balaban J connectivity index is 2.70. The number of fused-ring (bicyclic) bond motifs is 1. The molecule has 1 N–H and O–H groups in total. The van der Waals surface area contributed by atoms with Crippen molar-refractivity contribution < 1.29 is 14.3 Å². The number of hydrogen-bond acceptors (Lipinski definition) is 4. The average Bonchev–Trinajstić information content (AvgIpc) is 2.50. The molecule has 7 heteroatoms. The van der Waals surface area contributed by atoms with Crippen LogP contribution in [0.15, 0.2) is 24.3 Å². The van der Waals surface area contributed by atoms with Crippen molar-refractivity contribution in [2.45, 2.75) is 13.8 Å². The minimum absolute atomic E-state index is 0.0464. The van der Waals surface area contributed by atoms with E-state index in [-0.39, 0.29) is 35.6 Å². The van der Waals surface area contributed by atoms with Crippen LogP contribution in [0.1, 0.15) is 23.1 Å². The molecule has 2 rings (SSSR count). The summed E-state index contributed by atoms with van der Waals surface area (Å²) in [5.74, 6) is -0.561. The predicted molar refractivity (Wildman–Crippen MR) is 77.5 cm³/mol. The van der Waals surface area contributed by atoms with E-state index in [1.165, 1.54) is 24.0 Å². The van der Waals surface area contributed by atoms with Gasteiger partial charge in [-0.25, -0.2) is 0 Å². The monoisotopic (exact) mass is 291 g/mol. The van der Waals surface area contributed by atoms with Gasteiger partial charge in [-0.05, 0) is 19.9 Å². The fraction of sp³-hybridized carbons (Fsp3) is 0.357.